The first kappa shape index (κ1) is 18.0. The number of rotatable bonds is 5. The van der Waals surface area contributed by atoms with Crippen molar-refractivity contribution in [1.82, 2.24) is 4.98 Å². The van der Waals surface area contributed by atoms with E-state index in [2.05, 4.69) is 15.0 Å². The van der Waals surface area contributed by atoms with Crippen LogP contribution in [0, 0.1) is 0 Å². The molecule has 3 aromatic rings. The maximum atomic E-state index is 12.2. The molecule has 0 aliphatic rings. The SMILES string of the molecule is CCOc1ccc2nc(NC(=O)c3ccc(OC(F)(F)F)cc3)sc2c1. The molecule has 0 aliphatic carbocycles. The lowest BCUT2D eigenvalue weighted by Gasteiger charge is -2.09. The fraction of sp³-hybridized carbons (Fsp3) is 0.176. The molecular weight excluding hydrogens is 369 g/mol. The number of carbonyl (C=O) groups is 1. The fourth-order valence-electron chi connectivity index (χ4n) is 2.19. The van der Waals surface area contributed by atoms with Crippen molar-refractivity contribution in [2.24, 2.45) is 0 Å². The largest absolute Gasteiger partial charge is 0.573 e. The van der Waals surface area contributed by atoms with Gasteiger partial charge in [0.15, 0.2) is 5.13 Å². The van der Waals surface area contributed by atoms with Crippen molar-refractivity contribution < 1.29 is 27.4 Å². The van der Waals surface area contributed by atoms with Crippen molar-refractivity contribution in [2.45, 2.75) is 13.3 Å². The summed E-state index contributed by atoms with van der Waals surface area (Å²) in [5, 5.41) is 3.02. The molecule has 0 saturated carbocycles. The van der Waals surface area contributed by atoms with E-state index >= 15 is 0 Å². The summed E-state index contributed by atoms with van der Waals surface area (Å²) >= 11 is 1.27. The summed E-state index contributed by atoms with van der Waals surface area (Å²) < 4.78 is 46.5. The summed E-state index contributed by atoms with van der Waals surface area (Å²) in [5.41, 5.74) is 0.900. The number of alkyl halides is 3. The van der Waals surface area contributed by atoms with Crippen LogP contribution in [0.3, 0.4) is 0 Å². The number of nitrogens with one attached hydrogen (secondary N) is 1. The minimum Gasteiger partial charge on any atom is -0.494 e. The Bertz CT molecular complexity index is 923. The molecule has 0 unspecified atom stereocenters. The van der Waals surface area contributed by atoms with Crippen molar-refractivity contribution in [1.29, 1.82) is 0 Å². The molecule has 1 aromatic heterocycles. The molecule has 0 spiro atoms. The van der Waals surface area contributed by atoms with Gasteiger partial charge in [0.25, 0.3) is 5.91 Å². The first-order valence-corrected chi connectivity index (χ1v) is 8.36. The van der Waals surface area contributed by atoms with Gasteiger partial charge in [0.2, 0.25) is 0 Å². The molecule has 1 N–H and O–H groups in total. The van der Waals surface area contributed by atoms with E-state index in [0.29, 0.717) is 23.0 Å². The molecule has 1 heterocycles. The average molecular weight is 382 g/mol. The highest BCUT2D eigenvalue weighted by molar-refractivity contribution is 7.22. The van der Waals surface area contributed by atoms with Gasteiger partial charge >= 0.3 is 6.36 Å². The summed E-state index contributed by atoms with van der Waals surface area (Å²) in [6.45, 7) is 2.43. The third kappa shape index (κ3) is 4.42. The van der Waals surface area contributed by atoms with Gasteiger partial charge < -0.3 is 9.47 Å². The number of hydrogen-bond acceptors (Lipinski definition) is 5. The third-order valence-corrected chi connectivity index (χ3v) is 4.18. The molecule has 26 heavy (non-hydrogen) atoms. The Labute approximate surface area is 150 Å². The molecule has 136 valence electrons. The maximum absolute atomic E-state index is 12.2. The molecule has 0 saturated heterocycles. The molecule has 5 nitrogen and oxygen atoms in total. The predicted octanol–water partition coefficient (Wildman–Crippen LogP) is 4.85. The molecule has 1 amide bonds. The van der Waals surface area contributed by atoms with Gasteiger partial charge in [0.1, 0.15) is 11.5 Å². The van der Waals surface area contributed by atoms with Gasteiger partial charge in [-0.3, -0.25) is 10.1 Å². The Balaban J connectivity index is 1.72. The number of amides is 1. The van der Waals surface area contributed by atoms with E-state index in [1.165, 1.54) is 23.5 Å². The number of carbonyl (C=O) groups excluding carboxylic acids is 1. The van der Waals surface area contributed by atoms with Crippen molar-refractivity contribution >= 4 is 32.6 Å². The lowest BCUT2D eigenvalue weighted by atomic mass is 10.2. The van der Waals surface area contributed by atoms with Crippen molar-refractivity contribution in [3.8, 4) is 11.5 Å². The number of hydrogen-bond donors (Lipinski definition) is 1. The van der Waals surface area contributed by atoms with Gasteiger partial charge in [-0.25, -0.2) is 4.98 Å². The van der Waals surface area contributed by atoms with Gasteiger partial charge in [0.05, 0.1) is 16.8 Å². The summed E-state index contributed by atoms with van der Waals surface area (Å²) in [4.78, 5) is 16.5. The minimum absolute atomic E-state index is 0.189. The number of anilines is 1. The van der Waals surface area contributed by atoms with Crippen LogP contribution in [0.1, 0.15) is 17.3 Å². The zero-order chi connectivity index (χ0) is 18.7. The molecular formula is C17H13F3N2O3S. The highest BCUT2D eigenvalue weighted by Crippen LogP contribution is 2.30. The predicted molar refractivity (Wildman–Crippen MR) is 91.9 cm³/mol. The third-order valence-electron chi connectivity index (χ3n) is 3.24. The van der Waals surface area contributed by atoms with E-state index in [4.69, 9.17) is 4.74 Å². The maximum Gasteiger partial charge on any atom is 0.573 e. The smallest absolute Gasteiger partial charge is 0.494 e. The Kier molecular flexibility index (Phi) is 4.99. The fourth-order valence-corrected chi connectivity index (χ4v) is 3.08. The Morgan fingerprint density at radius 2 is 1.85 bits per heavy atom. The minimum atomic E-state index is -4.77. The second kappa shape index (κ2) is 7.20. The molecule has 0 atom stereocenters. The van der Waals surface area contributed by atoms with Crippen molar-refractivity contribution in [3.05, 3.63) is 48.0 Å². The van der Waals surface area contributed by atoms with Crippen molar-refractivity contribution in [2.75, 3.05) is 11.9 Å². The van der Waals surface area contributed by atoms with E-state index in [0.717, 1.165) is 16.8 Å². The normalized spacial score (nSPS) is 11.4. The molecule has 0 aliphatic heterocycles. The number of fused-ring (bicyclic) bond motifs is 1. The second-order valence-electron chi connectivity index (χ2n) is 5.11. The number of ether oxygens (including phenoxy) is 2. The van der Waals surface area contributed by atoms with Gasteiger partial charge in [-0.05, 0) is 49.4 Å². The first-order valence-electron chi connectivity index (χ1n) is 7.54. The lowest BCUT2D eigenvalue weighted by molar-refractivity contribution is -0.274. The van der Waals surface area contributed by atoms with Crippen LogP contribution in [-0.2, 0) is 0 Å². The van der Waals surface area contributed by atoms with E-state index in [1.54, 1.807) is 12.1 Å². The zero-order valence-corrected chi connectivity index (χ0v) is 14.3. The molecule has 0 radical (unpaired) electrons. The monoisotopic (exact) mass is 382 g/mol. The number of aromatic nitrogens is 1. The Morgan fingerprint density at radius 3 is 2.50 bits per heavy atom. The van der Waals surface area contributed by atoms with E-state index in [-0.39, 0.29) is 5.56 Å². The number of nitrogens with zero attached hydrogens (tertiary/aromatic N) is 1. The quantitative estimate of drug-likeness (QED) is 0.686. The van der Waals surface area contributed by atoms with Crippen LogP contribution in [-0.4, -0.2) is 23.9 Å². The lowest BCUT2D eigenvalue weighted by Crippen LogP contribution is -2.17. The summed E-state index contributed by atoms with van der Waals surface area (Å²) in [7, 11) is 0. The van der Waals surface area contributed by atoms with Gasteiger partial charge in [-0.2, -0.15) is 0 Å². The van der Waals surface area contributed by atoms with Crippen LogP contribution in [0.5, 0.6) is 11.5 Å². The number of benzene rings is 2. The first-order chi connectivity index (χ1) is 12.3. The summed E-state index contributed by atoms with van der Waals surface area (Å²) in [6, 6.07) is 10.1. The summed E-state index contributed by atoms with van der Waals surface area (Å²) in [5.74, 6) is -0.160. The van der Waals surface area contributed by atoms with E-state index in [1.807, 2.05) is 13.0 Å². The Morgan fingerprint density at radius 1 is 1.15 bits per heavy atom. The zero-order valence-electron chi connectivity index (χ0n) is 13.5. The van der Waals surface area contributed by atoms with Crippen LogP contribution < -0.4 is 14.8 Å². The highest BCUT2D eigenvalue weighted by Gasteiger charge is 2.31. The molecule has 2 aromatic carbocycles. The summed E-state index contributed by atoms with van der Waals surface area (Å²) in [6.07, 6.45) is -4.77. The van der Waals surface area contributed by atoms with E-state index in [9.17, 15) is 18.0 Å². The van der Waals surface area contributed by atoms with Crippen LogP contribution in [0.25, 0.3) is 10.2 Å². The van der Waals surface area contributed by atoms with Crippen LogP contribution in [0.2, 0.25) is 0 Å². The van der Waals surface area contributed by atoms with Gasteiger partial charge in [0, 0.05) is 5.56 Å². The van der Waals surface area contributed by atoms with Crippen molar-refractivity contribution in [3.63, 3.8) is 0 Å². The Hall–Kier alpha value is -2.81. The molecule has 0 bridgehead atoms. The molecule has 0 fully saturated rings. The molecule has 9 heteroatoms. The number of halogens is 3. The van der Waals surface area contributed by atoms with Gasteiger partial charge in [-0.15, -0.1) is 13.2 Å². The van der Waals surface area contributed by atoms with Gasteiger partial charge in [-0.1, -0.05) is 11.3 Å². The standard InChI is InChI=1S/C17H13F3N2O3S/c1-2-24-12-7-8-13-14(9-12)26-16(21-13)22-15(23)10-3-5-11(6-4-10)25-17(18,19)20/h3-9H,2H2,1H3,(H,21,22,23). The van der Waals surface area contributed by atoms with Crippen LogP contribution >= 0.6 is 11.3 Å². The van der Waals surface area contributed by atoms with E-state index < -0.39 is 18.0 Å². The van der Waals surface area contributed by atoms with Crippen LogP contribution in [0.4, 0.5) is 18.3 Å². The second-order valence-corrected chi connectivity index (χ2v) is 6.14. The topological polar surface area (TPSA) is 60.5 Å². The van der Waals surface area contributed by atoms with Crippen LogP contribution in [0.15, 0.2) is 42.5 Å². The average Bonchev–Trinajstić information content (AvgIpc) is 2.95. The molecule has 3 rings (SSSR count). The highest BCUT2D eigenvalue weighted by atomic mass is 32.1. The number of thiazole rings is 1.